The Kier molecular flexibility index (Phi) is 5.61. The van der Waals surface area contributed by atoms with Crippen molar-refractivity contribution in [3.05, 3.63) is 30.2 Å². The van der Waals surface area contributed by atoms with Crippen LogP contribution < -0.4 is 5.32 Å². The molecule has 1 saturated carbocycles. The molecule has 146 valence electrons. The van der Waals surface area contributed by atoms with E-state index in [2.05, 4.69) is 22.4 Å². The van der Waals surface area contributed by atoms with Gasteiger partial charge in [0, 0.05) is 25.7 Å². The molecule has 1 amide bonds. The van der Waals surface area contributed by atoms with Crippen LogP contribution in [0, 0.1) is 5.92 Å². The molecule has 0 aliphatic heterocycles. The zero-order valence-corrected chi connectivity index (χ0v) is 16.5. The second-order valence-corrected chi connectivity index (χ2v) is 9.32. The molecule has 0 bridgehead atoms. The summed E-state index contributed by atoms with van der Waals surface area (Å²) in [7, 11) is -0.554. The fourth-order valence-corrected chi connectivity index (χ4v) is 3.97. The van der Waals surface area contributed by atoms with Crippen LogP contribution in [0.1, 0.15) is 43.3 Å². The highest BCUT2D eigenvalue weighted by molar-refractivity contribution is 7.89. The first-order valence-corrected chi connectivity index (χ1v) is 10.4. The van der Waals surface area contributed by atoms with Gasteiger partial charge in [-0.05, 0) is 55.9 Å². The molecule has 1 heterocycles. The van der Waals surface area contributed by atoms with Gasteiger partial charge in [-0.3, -0.25) is 4.79 Å². The average Bonchev–Trinajstić information content (AvgIpc) is 3.14. The molecular weight excluding hydrogens is 368 g/mol. The number of carbonyl (C=O) groups is 1. The molecule has 27 heavy (non-hydrogen) atoms. The van der Waals surface area contributed by atoms with Crippen molar-refractivity contribution < 1.29 is 17.7 Å². The van der Waals surface area contributed by atoms with Crippen molar-refractivity contribution in [2.24, 2.45) is 5.92 Å². The molecule has 8 nitrogen and oxygen atoms in total. The van der Waals surface area contributed by atoms with Gasteiger partial charge in [0.05, 0.1) is 4.90 Å². The topological polar surface area (TPSA) is 105 Å². The smallest absolute Gasteiger partial charge is 0.316 e. The Hall–Kier alpha value is -2.26. The average molecular weight is 392 g/mol. The quantitative estimate of drug-likeness (QED) is 0.837. The SMILES string of the molecule is CC1CCC(NC(=O)c2nc(-c3ccc(S(=O)(=O)N(C)C)cc3)no2)CC1. The third-order valence-corrected chi connectivity index (χ3v) is 6.69. The number of aromatic nitrogens is 2. The van der Waals surface area contributed by atoms with Gasteiger partial charge in [-0.25, -0.2) is 12.7 Å². The summed E-state index contributed by atoms with van der Waals surface area (Å²) >= 11 is 0. The molecule has 0 unspecified atom stereocenters. The van der Waals surface area contributed by atoms with Crippen LogP contribution in [0.25, 0.3) is 11.4 Å². The maximum Gasteiger partial charge on any atom is 0.316 e. The van der Waals surface area contributed by atoms with E-state index >= 15 is 0 Å². The van der Waals surface area contributed by atoms with E-state index in [0.717, 1.165) is 30.0 Å². The maximum absolute atomic E-state index is 12.3. The predicted octanol–water partition coefficient (Wildman–Crippen LogP) is 2.30. The molecule has 1 aromatic carbocycles. The third-order valence-electron chi connectivity index (χ3n) is 4.86. The van der Waals surface area contributed by atoms with Crippen molar-refractivity contribution in [3.63, 3.8) is 0 Å². The number of amides is 1. The molecule has 1 N–H and O–H groups in total. The summed E-state index contributed by atoms with van der Waals surface area (Å²) in [6.07, 6.45) is 4.11. The van der Waals surface area contributed by atoms with Crippen LogP contribution in [0.2, 0.25) is 0 Å². The van der Waals surface area contributed by atoms with Crippen LogP contribution in [0.5, 0.6) is 0 Å². The second kappa shape index (κ2) is 7.77. The molecule has 0 saturated heterocycles. The van der Waals surface area contributed by atoms with Gasteiger partial charge in [-0.15, -0.1) is 0 Å². The first kappa shape index (κ1) is 19.5. The lowest BCUT2D eigenvalue weighted by molar-refractivity contribution is 0.0878. The van der Waals surface area contributed by atoms with Gasteiger partial charge in [0.15, 0.2) is 0 Å². The van der Waals surface area contributed by atoms with Gasteiger partial charge in [0.25, 0.3) is 0 Å². The van der Waals surface area contributed by atoms with Crippen molar-refractivity contribution in [1.82, 2.24) is 19.8 Å². The zero-order valence-electron chi connectivity index (χ0n) is 15.7. The summed E-state index contributed by atoms with van der Waals surface area (Å²) in [6.45, 7) is 2.22. The number of hydrogen-bond acceptors (Lipinski definition) is 6. The fourth-order valence-electron chi connectivity index (χ4n) is 3.07. The van der Waals surface area contributed by atoms with Crippen LogP contribution in [0.4, 0.5) is 0 Å². The number of benzene rings is 1. The van der Waals surface area contributed by atoms with E-state index in [1.807, 2.05) is 0 Å². The van der Waals surface area contributed by atoms with E-state index in [1.165, 1.54) is 26.2 Å². The molecular formula is C18H24N4O4S. The van der Waals surface area contributed by atoms with Crippen molar-refractivity contribution >= 4 is 15.9 Å². The van der Waals surface area contributed by atoms with E-state index in [9.17, 15) is 13.2 Å². The fraction of sp³-hybridized carbons (Fsp3) is 0.500. The molecule has 1 fully saturated rings. The molecule has 1 aliphatic rings. The molecule has 0 atom stereocenters. The lowest BCUT2D eigenvalue weighted by Gasteiger charge is -2.26. The van der Waals surface area contributed by atoms with Crippen LogP contribution in [0.15, 0.2) is 33.7 Å². The van der Waals surface area contributed by atoms with Gasteiger partial charge in [-0.1, -0.05) is 12.1 Å². The minimum atomic E-state index is -3.50. The lowest BCUT2D eigenvalue weighted by Crippen LogP contribution is -2.37. The van der Waals surface area contributed by atoms with Gasteiger partial charge >= 0.3 is 11.8 Å². The highest BCUT2D eigenvalue weighted by atomic mass is 32.2. The first-order valence-electron chi connectivity index (χ1n) is 8.95. The monoisotopic (exact) mass is 392 g/mol. The third kappa shape index (κ3) is 4.36. The van der Waals surface area contributed by atoms with E-state index in [1.54, 1.807) is 12.1 Å². The summed E-state index contributed by atoms with van der Waals surface area (Å²) in [5, 5.41) is 6.77. The van der Waals surface area contributed by atoms with Crippen LogP contribution >= 0.6 is 0 Å². The Labute approximate surface area is 159 Å². The Morgan fingerprint density at radius 2 is 1.78 bits per heavy atom. The summed E-state index contributed by atoms with van der Waals surface area (Å²) in [5.41, 5.74) is 0.571. The normalized spacial score (nSPS) is 20.6. The molecule has 1 aromatic heterocycles. The van der Waals surface area contributed by atoms with Crippen molar-refractivity contribution in [2.45, 2.75) is 43.5 Å². The number of hydrogen-bond donors (Lipinski definition) is 1. The van der Waals surface area contributed by atoms with E-state index in [4.69, 9.17) is 4.52 Å². The number of nitrogens with zero attached hydrogens (tertiary/aromatic N) is 3. The maximum atomic E-state index is 12.3. The van der Waals surface area contributed by atoms with Gasteiger partial charge in [-0.2, -0.15) is 4.98 Å². The largest absolute Gasteiger partial charge is 0.345 e. The number of carbonyl (C=O) groups excluding carboxylic acids is 1. The lowest BCUT2D eigenvalue weighted by atomic mass is 9.87. The molecule has 2 aromatic rings. The Balaban J connectivity index is 1.69. The summed E-state index contributed by atoms with van der Waals surface area (Å²) in [6, 6.07) is 6.27. The Morgan fingerprint density at radius 3 is 2.37 bits per heavy atom. The van der Waals surface area contributed by atoms with Gasteiger partial charge < -0.3 is 9.84 Å². The minimum absolute atomic E-state index is 0.0892. The van der Waals surface area contributed by atoms with Crippen LogP contribution in [0.3, 0.4) is 0 Å². The number of rotatable bonds is 5. The van der Waals surface area contributed by atoms with Crippen molar-refractivity contribution in [3.8, 4) is 11.4 Å². The molecule has 0 radical (unpaired) electrons. The van der Waals surface area contributed by atoms with E-state index < -0.39 is 10.0 Å². The second-order valence-electron chi connectivity index (χ2n) is 7.17. The van der Waals surface area contributed by atoms with Gasteiger partial charge in [0.2, 0.25) is 15.8 Å². The zero-order chi connectivity index (χ0) is 19.6. The standard InChI is InChI=1S/C18H24N4O4S/c1-12-4-8-14(9-5-12)19-17(23)18-20-16(21-26-18)13-6-10-15(11-7-13)27(24,25)22(2)3/h6-7,10-12,14H,4-5,8-9H2,1-3H3,(H,19,23). The number of sulfonamides is 1. The Bertz CT molecular complexity index is 898. The summed E-state index contributed by atoms with van der Waals surface area (Å²) < 4.78 is 30.4. The summed E-state index contributed by atoms with van der Waals surface area (Å²) in [4.78, 5) is 16.6. The predicted molar refractivity (Wildman–Crippen MR) is 99.5 cm³/mol. The summed E-state index contributed by atoms with van der Waals surface area (Å²) in [5.74, 6) is 0.479. The minimum Gasteiger partial charge on any atom is -0.345 e. The molecule has 3 rings (SSSR count). The van der Waals surface area contributed by atoms with Crippen molar-refractivity contribution in [1.29, 1.82) is 0 Å². The van der Waals surface area contributed by atoms with Crippen LogP contribution in [-0.2, 0) is 10.0 Å². The van der Waals surface area contributed by atoms with Crippen LogP contribution in [-0.4, -0.2) is 48.9 Å². The molecule has 0 spiro atoms. The Morgan fingerprint density at radius 1 is 1.15 bits per heavy atom. The first-order chi connectivity index (χ1) is 12.8. The van der Waals surface area contributed by atoms with E-state index in [0.29, 0.717) is 11.5 Å². The van der Waals surface area contributed by atoms with Gasteiger partial charge in [0.1, 0.15) is 0 Å². The number of nitrogens with one attached hydrogen (secondary N) is 1. The highest BCUT2D eigenvalue weighted by Gasteiger charge is 2.23. The van der Waals surface area contributed by atoms with E-state index in [-0.39, 0.29) is 28.6 Å². The highest BCUT2D eigenvalue weighted by Crippen LogP contribution is 2.24. The van der Waals surface area contributed by atoms with Crippen molar-refractivity contribution in [2.75, 3.05) is 14.1 Å². The molecule has 9 heteroatoms. The molecule has 1 aliphatic carbocycles.